The molecule has 2 atom stereocenters. The molecule has 6 nitrogen and oxygen atoms in total. The van der Waals surface area contributed by atoms with Gasteiger partial charge in [0.05, 0.1) is 0 Å². The quantitative estimate of drug-likeness (QED) is 0.610. The van der Waals surface area contributed by atoms with Gasteiger partial charge >= 0.3 is 12.0 Å². The van der Waals surface area contributed by atoms with Gasteiger partial charge in [0, 0.05) is 28.9 Å². The van der Waals surface area contributed by atoms with Gasteiger partial charge in [-0.2, -0.15) is 0 Å². The van der Waals surface area contributed by atoms with E-state index in [9.17, 15) is 13.8 Å². The largest absolute Gasteiger partial charge is 0.480 e. The van der Waals surface area contributed by atoms with Gasteiger partial charge in [-0.1, -0.05) is 20.8 Å². The maximum atomic E-state index is 11.3. The van der Waals surface area contributed by atoms with E-state index in [1.807, 2.05) is 0 Å². The third-order valence-corrected chi connectivity index (χ3v) is 3.46. The first-order valence-electron chi connectivity index (χ1n) is 5.50. The molecule has 0 heterocycles. The van der Waals surface area contributed by atoms with Gasteiger partial charge in [0.2, 0.25) is 0 Å². The Bertz CT molecular complexity index is 294. The molecule has 0 aromatic carbocycles. The Morgan fingerprint density at radius 1 is 1.35 bits per heavy atom. The summed E-state index contributed by atoms with van der Waals surface area (Å²) in [7, 11) is -0.932. The van der Waals surface area contributed by atoms with Crippen molar-refractivity contribution in [1.82, 2.24) is 10.6 Å². The fourth-order valence-electron chi connectivity index (χ4n) is 1.13. The summed E-state index contributed by atoms with van der Waals surface area (Å²) in [4.78, 5) is 22.2. The third kappa shape index (κ3) is 6.93. The van der Waals surface area contributed by atoms with Crippen LogP contribution in [0.15, 0.2) is 0 Å². The van der Waals surface area contributed by atoms with Crippen molar-refractivity contribution in [3.8, 4) is 0 Å². The van der Waals surface area contributed by atoms with E-state index in [0.29, 0.717) is 11.5 Å². The number of carboxylic acid groups (broad SMARTS) is 1. The number of hydrogen-bond acceptors (Lipinski definition) is 3. The fraction of sp³-hybridized carbons (Fsp3) is 0.800. The van der Waals surface area contributed by atoms with Crippen molar-refractivity contribution in [3.63, 3.8) is 0 Å². The minimum atomic E-state index is -1.06. The minimum Gasteiger partial charge on any atom is -0.480 e. The molecule has 0 aliphatic rings. The lowest BCUT2D eigenvalue weighted by Crippen LogP contribution is -2.49. The molecule has 0 aromatic heterocycles. The van der Waals surface area contributed by atoms with Crippen molar-refractivity contribution >= 4 is 22.8 Å². The molecule has 0 aliphatic heterocycles. The summed E-state index contributed by atoms with van der Waals surface area (Å²) >= 11 is 0. The van der Waals surface area contributed by atoms with Crippen LogP contribution in [0.4, 0.5) is 4.79 Å². The molecule has 3 N–H and O–H groups in total. The molecule has 0 saturated heterocycles. The lowest BCUT2D eigenvalue weighted by Gasteiger charge is -2.18. The van der Waals surface area contributed by atoms with Crippen LogP contribution in [0.25, 0.3) is 0 Å². The van der Waals surface area contributed by atoms with Crippen molar-refractivity contribution in [2.75, 3.05) is 18.1 Å². The average Bonchev–Trinajstić information content (AvgIpc) is 2.24. The van der Waals surface area contributed by atoms with Gasteiger partial charge in [0.15, 0.2) is 0 Å². The number of hydrogen-bond donors (Lipinski definition) is 3. The lowest BCUT2D eigenvalue weighted by molar-refractivity contribution is -0.140. The molecule has 17 heavy (non-hydrogen) atoms. The van der Waals surface area contributed by atoms with Gasteiger partial charge in [0.25, 0.3) is 0 Å². The summed E-state index contributed by atoms with van der Waals surface area (Å²) in [6.45, 7) is 5.50. The molecule has 0 rings (SSSR count). The molecule has 7 heteroatoms. The van der Waals surface area contributed by atoms with Crippen LogP contribution in [0.1, 0.15) is 20.8 Å². The summed E-state index contributed by atoms with van der Waals surface area (Å²) in [5, 5.41) is 13.7. The molecule has 0 spiro atoms. The summed E-state index contributed by atoms with van der Waals surface area (Å²) in [6.07, 6.45) is 0. The van der Waals surface area contributed by atoms with Crippen LogP contribution >= 0.6 is 0 Å². The third-order valence-electron chi connectivity index (χ3n) is 2.16. The summed E-state index contributed by atoms with van der Waals surface area (Å²) in [5.74, 6) is -0.327. The molecule has 0 aromatic rings. The molecular weight excluding hydrogens is 244 g/mol. The first-order chi connectivity index (χ1) is 7.88. The van der Waals surface area contributed by atoms with Gasteiger partial charge in [0.1, 0.15) is 6.04 Å². The van der Waals surface area contributed by atoms with E-state index in [4.69, 9.17) is 5.11 Å². The Balaban J connectivity index is 3.99. The van der Waals surface area contributed by atoms with Crippen molar-refractivity contribution in [1.29, 1.82) is 0 Å². The second-order valence-electron chi connectivity index (χ2n) is 3.89. The number of aliphatic carboxylic acids is 1. The maximum absolute atomic E-state index is 11.3. The van der Waals surface area contributed by atoms with E-state index >= 15 is 0 Å². The van der Waals surface area contributed by atoms with Crippen LogP contribution in [0.3, 0.4) is 0 Å². The van der Waals surface area contributed by atoms with E-state index in [2.05, 4.69) is 10.6 Å². The number of carbonyl (C=O) groups is 2. The van der Waals surface area contributed by atoms with Crippen molar-refractivity contribution in [3.05, 3.63) is 0 Å². The van der Waals surface area contributed by atoms with Crippen LogP contribution in [-0.2, 0) is 15.6 Å². The Labute approximate surface area is 104 Å². The first kappa shape index (κ1) is 15.9. The Kier molecular flexibility index (Phi) is 7.53. The smallest absolute Gasteiger partial charge is 0.326 e. The fourth-order valence-corrected chi connectivity index (χ4v) is 1.75. The van der Waals surface area contributed by atoms with Crippen LogP contribution in [0.2, 0.25) is 0 Å². The number of nitrogens with one attached hydrogen (secondary N) is 2. The van der Waals surface area contributed by atoms with Gasteiger partial charge in [-0.15, -0.1) is 0 Å². The van der Waals surface area contributed by atoms with Gasteiger partial charge in [-0.05, 0) is 5.92 Å². The summed E-state index contributed by atoms with van der Waals surface area (Å²) in [6, 6.07) is -1.45. The van der Waals surface area contributed by atoms with E-state index < -0.39 is 28.8 Å². The Morgan fingerprint density at radius 2 is 1.94 bits per heavy atom. The van der Waals surface area contributed by atoms with Gasteiger partial charge < -0.3 is 15.7 Å². The van der Waals surface area contributed by atoms with Crippen LogP contribution in [-0.4, -0.2) is 45.4 Å². The van der Waals surface area contributed by atoms with Gasteiger partial charge in [-0.25, -0.2) is 9.59 Å². The zero-order valence-electron chi connectivity index (χ0n) is 10.4. The summed E-state index contributed by atoms with van der Waals surface area (Å²) < 4.78 is 11.1. The van der Waals surface area contributed by atoms with Crippen LogP contribution in [0, 0.1) is 5.92 Å². The Morgan fingerprint density at radius 3 is 2.35 bits per heavy atom. The predicted octanol–water partition coefficient (Wildman–Crippen LogP) is 0.163. The van der Waals surface area contributed by atoms with Crippen molar-refractivity contribution in [2.24, 2.45) is 5.92 Å². The zero-order valence-corrected chi connectivity index (χ0v) is 11.2. The SMILES string of the molecule is CCS(=O)CCNC(=O)N[C@H](C(=O)O)C(C)C. The molecule has 0 radical (unpaired) electrons. The van der Waals surface area contributed by atoms with Gasteiger partial charge in [-0.3, -0.25) is 4.21 Å². The topological polar surface area (TPSA) is 95.5 Å². The highest BCUT2D eigenvalue weighted by Gasteiger charge is 2.22. The normalized spacial score (nSPS) is 14.1. The number of carboxylic acids is 1. The van der Waals surface area contributed by atoms with Crippen LogP contribution < -0.4 is 10.6 Å². The number of amides is 2. The molecule has 100 valence electrons. The molecule has 0 bridgehead atoms. The number of urea groups is 1. The lowest BCUT2D eigenvalue weighted by atomic mass is 10.1. The highest BCUT2D eigenvalue weighted by molar-refractivity contribution is 7.84. The molecule has 1 unspecified atom stereocenters. The predicted molar refractivity (Wildman–Crippen MR) is 66.3 cm³/mol. The zero-order chi connectivity index (χ0) is 13.4. The molecule has 0 fully saturated rings. The highest BCUT2D eigenvalue weighted by Crippen LogP contribution is 2.00. The number of rotatable bonds is 7. The molecule has 0 aliphatic carbocycles. The second kappa shape index (κ2) is 8.05. The van der Waals surface area contributed by atoms with E-state index in [-0.39, 0.29) is 12.5 Å². The van der Waals surface area contributed by atoms with Crippen molar-refractivity contribution in [2.45, 2.75) is 26.8 Å². The van der Waals surface area contributed by atoms with E-state index in [0.717, 1.165) is 0 Å². The second-order valence-corrected chi connectivity index (χ2v) is 5.76. The average molecular weight is 264 g/mol. The van der Waals surface area contributed by atoms with Crippen LogP contribution in [0.5, 0.6) is 0 Å². The van der Waals surface area contributed by atoms with E-state index in [1.165, 1.54) is 0 Å². The highest BCUT2D eigenvalue weighted by atomic mass is 32.2. The number of carbonyl (C=O) groups excluding carboxylic acids is 1. The molecule has 2 amide bonds. The Hall–Kier alpha value is -1.11. The molecular formula is C10H20N2O4S. The van der Waals surface area contributed by atoms with E-state index in [1.54, 1.807) is 20.8 Å². The summed E-state index contributed by atoms with van der Waals surface area (Å²) in [5.41, 5.74) is 0. The molecule has 0 saturated carbocycles. The standard InChI is InChI=1S/C10H20N2O4S/c1-4-17(16)6-5-11-10(15)12-8(7(2)3)9(13)14/h7-8H,4-6H2,1-3H3,(H,13,14)(H2,11,12,15)/t8-,17?/m0/s1. The monoisotopic (exact) mass is 264 g/mol. The first-order valence-corrected chi connectivity index (χ1v) is 6.99. The van der Waals surface area contributed by atoms with Crippen molar-refractivity contribution < 1.29 is 18.9 Å². The maximum Gasteiger partial charge on any atom is 0.326 e. The minimum absolute atomic E-state index is 0.192.